The van der Waals surface area contributed by atoms with Crippen LogP contribution in [0.3, 0.4) is 0 Å². The van der Waals surface area contributed by atoms with Gasteiger partial charge in [0.2, 0.25) is 0 Å². The number of benzene rings is 1. The highest BCUT2D eigenvalue weighted by molar-refractivity contribution is 9.10. The Hall–Kier alpha value is -2.12. The Bertz CT molecular complexity index is 769. The minimum atomic E-state index is -1.01. The molecule has 8 heteroatoms. The van der Waals surface area contributed by atoms with Crippen molar-refractivity contribution in [2.24, 2.45) is 0 Å². The number of esters is 1. The smallest absolute Gasteiger partial charge is 0.340 e. The summed E-state index contributed by atoms with van der Waals surface area (Å²) in [5.74, 6) is -0.709. The second-order valence-electron chi connectivity index (χ2n) is 4.77. The predicted molar refractivity (Wildman–Crippen MR) is 93.4 cm³/mol. The van der Waals surface area contributed by atoms with E-state index in [0.717, 1.165) is 0 Å². The van der Waals surface area contributed by atoms with Crippen LogP contribution in [0.4, 0.5) is 5.69 Å². The van der Waals surface area contributed by atoms with Crippen LogP contribution in [0.15, 0.2) is 41.1 Å². The van der Waals surface area contributed by atoms with Gasteiger partial charge in [0.1, 0.15) is 5.75 Å². The van der Waals surface area contributed by atoms with Gasteiger partial charge < -0.3 is 14.8 Å². The highest BCUT2D eigenvalue weighted by Crippen LogP contribution is 2.27. The summed E-state index contributed by atoms with van der Waals surface area (Å²) >= 11 is 9.13. The van der Waals surface area contributed by atoms with Gasteiger partial charge in [-0.3, -0.25) is 9.78 Å². The zero-order chi connectivity index (χ0) is 17.7. The van der Waals surface area contributed by atoms with Gasteiger partial charge in [-0.15, -0.1) is 0 Å². The predicted octanol–water partition coefficient (Wildman–Crippen LogP) is 3.69. The zero-order valence-corrected chi connectivity index (χ0v) is 15.2. The third-order valence-electron chi connectivity index (χ3n) is 3.01. The number of amides is 1. The Kier molecular flexibility index (Phi) is 6.16. The summed E-state index contributed by atoms with van der Waals surface area (Å²) in [5.41, 5.74) is 0.631. The number of anilines is 1. The van der Waals surface area contributed by atoms with Crippen molar-refractivity contribution in [3.05, 3.63) is 51.7 Å². The monoisotopic (exact) mass is 412 g/mol. The fourth-order valence-electron chi connectivity index (χ4n) is 1.82. The number of hydrogen-bond donors (Lipinski definition) is 1. The number of nitrogens with one attached hydrogen (secondary N) is 1. The summed E-state index contributed by atoms with van der Waals surface area (Å²) in [7, 11) is 1.47. The highest BCUT2D eigenvalue weighted by Gasteiger charge is 2.20. The Balaban J connectivity index is 2.05. The first-order valence-corrected chi connectivity index (χ1v) is 8.03. The topological polar surface area (TPSA) is 77.5 Å². The number of nitrogens with zero attached hydrogens (tertiary/aromatic N) is 1. The number of rotatable bonds is 5. The molecule has 0 saturated heterocycles. The Morgan fingerprint density at radius 2 is 2.04 bits per heavy atom. The fraction of sp³-hybridized carbons (Fsp3) is 0.188. The molecule has 0 aliphatic rings. The number of carbonyl (C=O) groups excluding carboxylic acids is 2. The van der Waals surface area contributed by atoms with Crippen LogP contribution >= 0.6 is 27.5 Å². The van der Waals surface area contributed by atoms with E-state index in [1.165, 1.54) is 20.2 Å². The van der Waals surface area contributed by atoms with Crippen LogP contribution in [0.2, 0.25) is 5.02 Å². The van der Waals surface area contributed by atoms with Crippen LogP contribution in [0.25, 0.3) is 0 Å². The van der Waals surface area contributed by atoms with Crippen LogP contribution in [-0.2, 0) is 9.53 Å². The molecule has 126 valence electrons. The largest absolute Gasteiger partial charge is 0.495 e. The van der Waals surface area contributed by atoms with Gasteiger partial charge in [-0.1, -0.05) is 11.6 Å². The molecule has 0 spiro atoms. The van der Waals surface area contributed by atoms with Crippen molar-refractivity contribution in [3.8, 4) is 5.75 Å². The summed E-state index contributed by atoms with van der Waals surface area (Å²) in [6.07, 6.45) is 1.89. The maximum absolute atomic E-state index is 12.2. The van der Waals surface area contributed by atoms with Crippen molar-refractivity contribution in [3.63, 3.8) is 0 Å². The lowest BCUT2D eigenvalue weighted by Crippen LogP contribution is -2.30. The lowest BCUT2D eigenvalue weighted by molar-refractivity contribution is -0.123. The first-order chi connectivity index (χ1) is 11.4. The average molecular weight is 414 g/mol. The standard InChI is InChI=1S/C16H14BrClN2O4/c1-9(24-16(22)10-5-11(17)8-19-7-10)15(21)20-13-6-12(18)3-4-14(13)23-2/h3-9H,1-2H3,(H,20,21). The summed E-state index contributed by atoms with van der Waals surface area (Å²) in [5, 5.41) is 3.06. The third-order valence-corrected chi connectivity index (χ3v) is 3.68. The number of methoxy groups -OCH3 is 1. The van der Waals surface area contributed by atoms with Crippen molar-refractivity contribution in [2.45, 2.75) is 13.0 Å². The number of halogens is 2. The van der Waals surface area contributed by atoms with E-state index >= 15 is 0 Å². The van der Waals surface area contributed by atoms with Gasteiger partial charge in [0.05, 0.1) is 18.4 Å². The van der Waals surface area contributed by atoms with E-state index < -0.39 is 18.0 Å². The van der Waals surface area contributed by atoms with E-state index in [-0.39, 0.29) is 5.56 Å². The van der Waals surface area contributed by atoms with Crippen LogP contribution in [0.5, 0.6) is 5.75 Å². The summed E-state index contributed by atoms with van der Waals surface area (Å²) in [6, 6.07) is 6.37. The molecule has 6 nitrogen and oxygen atoms in total. The minimum Gasteiger partial charge on any atom is -0.495 e. The van der Waals surface area contributed by atoms with Gasteiger partial charge in [-0.25, -0.2) is 4.79 Å². The molecule has 1 N–H and O–H groups in total. The normalized spacial score (nSPS) is 11.5. The van der Waals surface area contributed by atoms with E-state index in [1.807, 2.05) is 0 Å². The number of hydrogen-bond acceptors (Lipinski definition) is 5. The van der Waals surface area contributed by atoms with E-state index in [9.17, 15) is 9.59 Å². The molecular formula is C16H14BrClN2O4. The van der Waals surface area contributed by atoms with E-state index in [4.69, 9.17) is 21.1 Å². The van der Waals surface area contributed by atoms with Gasteiger partial charge in [0, 0.05) is 21.9 Å². The summed E-state index contributed by atoms with van der Waals surface area (Å²) in [4.78, 5) is 28.1. The molecule has 0 saturated carbocycles. The molecule has 24 heavy (non-hydrogen) atoms. The van der Waals surface area contributed by atoms with Crippen molar-refractivity contribution < 1.29 is 19.1 Å². The van der Waals surface area contributed by atoms with E-state index in [2.05, 4.69) is 26.2 Å². The van der Waals surface area contributed by atoms with Crippen molar-refractivity contribution in [2.75, 3.05) is 12.4 Å². The number of aromatic nitrogens is 1. The molecule has 2 aromatic rings. The lowest BCUT2D eigenvalue weighted by Gasteiger charge is -2.15. The minimum absolute atomic E-state index is 0.240. The quantitative estimate of drug-likeness (QED) is 0.757. The molecule has 0 radical (unpaired) electrons. The second-order valence-corrected chi connectivity index (χ2v) is 6.13. The number of carbonyl (C=O) groups is 2. The van der Waals surface area contributed by atoms with Crippen molar-refractivity contribution in [1.29, 1.82) is 0 Å². The molecule has 1 amide bonds. The number of ether oxygens (including phenoxy) is 2. The Labute approximate surface area is 152 Å². The summed E-state index contributed by atoms with van der Waals surface area (Å²) < 4.78 is 10.9. The van der Waals surface area contributed by atoms with Crippen LogP contribution in [0.1, 0.15) is 17.3 Å². The van der Waals surface area contributed by atoms with Gasteiger partial charge in [0.15, 0.2) is 6.10 Å². The Morgan fingerprint density at radius 1 is 1.29 bits per heavy atom. The van der Waals surface area contributed by atoms with Gasteiger partial charge >= 0.3 is 5.97 Å². The second kappa shape index (κ2) is 8.12. The molecule has 2 rings (SSSR count). The van der Waals surface area contributed by atoms with Crippen molar-refractivity contribution >= 4 is 45.1 Å². The Morgan fingerprint density at radius 3 is 2.71 bits per heavy atom. The molecule has 1 aromatic carbocycles. The third kappa shape index (κ3) is 4.69. The van der Waals surface area contributed by atoms with Gasteiger partial charge in [0.25, 0.3) is 5.91 Å². The SMILES string of the molecule is COc1ccc(Cl)cc1NC(=O)C(C)OC(=O)c1cncc(Br)c1. The molecule has 0 aliphatic heterocycles. The number of pyridine rings is 1. The molecule has 0 fully saturated rings. The average Bonchev–Trinajstić information content (AvgIpc) is 2.55. The molecule has 0 bridgehead atoms. The van der Waals surface area contributed by atoms with Crippen LogP contribution in [-0.4, -0.2) is 30.1 Å². The molecule has 0 aliphatic carbocycles. The maximum atomic E-state index is 12.2. The maximum Gasteiger partial charge on any atom is 0.340 e. The van der Waals surface area contributed by atoms with Crippen molar-refractivity contribution in [1.82, 2.24) is 4.98 Å². The highest BCUT2D eigenvalue weighted by atomic mass is 79.9. The van der Waals surface area contributed by atoms with Gasteiger partial charge in [-0.05, 0) is 47.1 Å². The molecule has 1 heterocycles. The van der Waals surface area contributed by atoms with Gasteiger partial charge in [-0.2, -0.15) is 0 Å². The van der Waals surface area contributed by atoms with Crippen LogP contribution < -0.4 is 10.1 Å². The molecule has 1 unspecified atom stereocenters. The van der Waals surface area contributed by atoms with E-state index in [0.29, 0.717) is 20.9 Å². The summed E-state index contributed by atoms with van der Waals surface area (Å²) in [6.45, 7) is 1.47. The molecule has 1 aromatic heterocycles. The first kappa shape index (κ1) is 18.2. The zero-order valence-electron chi connectivity index (χ0n) is 12.9. The van der Waals surface area contributed by atoms with E-state index in [1.54, 1.807) is 30.5 Å². The first-order valence-electron chi connectivity index (χ1n) is 6.86. The van der Waals surface area contributed by atoms with Crippen LogP contribution in [0, 0.1) is 0 Å². The molecule has 1 atom stereocenters. The lowest BCUT2D eigenvalue weighted by atomic mass is 10.2. The fourth-order valence-corrected chi connectivity index (χ4v) is 2.35. The molecular weight excluding hydrogens is 400 g/mol.